The molecule has 1 spiro atoms. The molecule has 2 aromatic carbocycles. The van der Waals surface area contributed by atoms with Crippen LogP contribution in [0.4, 0.5) is 14.9 Å². The van der Waals surface area contributed by atoms with Gasteiger partial charge in [-0.15, -0.1) is 0 Å². The molecule has 0 aliphatic carbocycles. The van der Waals surface area contributed by atoms with Crippen molar-refractivity contribution in [1.29, 1.82) is 0 Å². The molecule has 24 heavy (non-hydrogen) atoms. The maximum absolute atomic E-state index is 13.9. The Bertz CT molecular complexity index is 839. The average molecular weight is 326 g/mol. The topological polar surface area (TPSA) is 58.6 Å². The highest BCUT2D eigenvalue weighted by molar-refractivity contribution is 5.95. The van der Waals surface area contributed by atoms with Gasteiger partial charge >= 0.3 is 6.09 Å². The third-order valence-electron chi connectivity index (χ3n) is 4.57. The van der Waals surface area contributed by atoms with E-state index in [-0.39, 0.29) is 12.1 Å². The van der Waals surface area contributed by atoms with Gasteiger partial charge in [0, 0.05) is 18.5 Å². The molecule has 2 aliphatic rings. The Morgan fingerprint density at radius 1 is 1.17 bits per heavy atom. The number of benzene rings is 2. The molecule has 1 N–H and O–H groups in total. The number of amides is 2. The quantitative estimate of drug-likeness (QED) is 0.876. The minimum Gasteiger partial charge on any atom is -0.436 e. The van der Waals surface area contributed by atoms with Crippen molar-refractivity contribution in [3.63, 3.8) is 0 Å². The largest absolute Gasteiger partial charge is 0.436 e. The van der Waals surface area contributed by atoms with E-state index in [1.165, 1.54) is 17.0 Å². The monoisotopic (exact) mass is 326 g/mol. The lowest BCUT2D eigenvalue weighted by atomic mass is 9.90. The van der Waals surface area contributed by atoms with Crippen LogP contribution in [0.15, 0.2) is 48.5 Å². The van der Waals surface area contributed by atoms with Crippen molar-refractivity contribution < 1.29 is 18.7 Å². The molecule has 2 amide bonds. The zero-order valence-electron chi connectivity index (χ0n) is 12.8. The Morgan fingerprint density at radius 3 is 2.75 bits per heavy atom. The molecular weight excluding hydrogens is 311 g/mol. The molecule has 122 valence electrons. The molecule has 4 rings (SSSR count). The van der Waals surface area contributed by atoms with Crippen molar-refractivity contribution in [1.82, 2.24) is 4.90 Å². The number of nitrogens with zero attached hydrogens (tertiary/aromatic N) is 1. The lowest BCUT2D eigenvalue weighted by Crippen LogP contribution is -2.42. The van der Waals surface area contributed by atoms with Gasteiger partial charge < -0.3 is 9.64 Å². The molecule has 1 saturated heterocycles. The van der Waals surface area contributed by atoms with Gasteiger partial charge in [-0.25, -0.2) is 9.18 Å². The molecule has 0 saturated carbocycles. The first kappa shape index (κ1) is 14.7. The Balaban J connectivity index is 1.66. The summed E-state index contributed by atoms with van der Waals surface area (Å²) in [5, 5.41) is 2.67. The Labute approximate surface area is 138 Å². The first-order valence-corrected chi connectivity index (χ1v) is 7.72. The number of carbonyl (C=O) groups is 2. The van der Waals surface area contributed by atoms with Gasteiger partial charge in [0.15, 0.2) is 5.60 Å². The molecule has 0 aromatic heterocycles. The highest BCUT2D eigenvalue weighted by Gasteiger charge is 2.48. The summed E-state index contributed by atoms with van der Waals surface area (Å²) in [6.07, 6.45) is -0.0497. The highest BCUT2D eigenvalue weighted by Crippen LogP contribution is 2.42. The van der Waals surface area contributed by atoms with Crippen molar-refractivity contribution in [3.8, 4) is 0 Å². The van der Waals surface area contributed by atoms with Crippen LogP contribution in [0.3, 0.4) is 0 Å². The summed E-state index contributed by atoms with van der Waals surface area (Å²) < 4.78 is 19.5. The zero-order valence-corrected chi connectivity index (χ0v) is 12.8. The minimum absolute atomic E-state index is 0.0306. The van der Waals surface area contributed by atoms with Gasteiger partial charge in [0.05, 0.1) is 17.8 Å². The van der Waals surface area contributed by atoms with Gasteiger partial charge in [-0.2, -0.15) is 0 Å². The van der Waals surface area contributed by atoms with E-state index in [0.29, 0.717) is 18.7 Å². The lowest BCUT2D eigenvalue weighted by molar-refractivity contribution is 0.0183. The summed E-state index contributed by atoms with van der Waals surface area (Å²) in [5.41, 5.74) is 0.685. The van der Waals surface area contributed by atoms with E-state index in [0.717, 1.165) is 5.56 Å². The van der Waals surface area contributed by atoms with Crippen LogP contribution in [0.2, 0.25) is 0 Å². The van der Waals surface area contributed by atoms with Crippen molar-refractivity contribution in [2.75, 3.05) is 18.4 Å². The summed E-state index contributed by atoms with van der Waals surface area (Å²) in [6, 6.07) is 13.3. The maximum Gasteiger partial charge on any atom is 0.412 e. The summed E-state index contributed by atoms with van der Waals surface area (Å²) in [4.78, 5) is 26.0. The second-order valence-corrected chi connectivity index (χ2v) is 6.01. The smallest absolute Gasteiger partial charge is 0.412 e. The number of halogens is 1. The fourth-order valence-corrected chi connectivity index (χ4v) is 3.42. The van der Waals surface area contributed by atoms with Gasteiger partial charge in [0.1, 0.15) is 5.82 Å². The minimum atomic E-state index is -0.875. The van der Waals surface area contributed by atoms with Crippen molar-refractivity contribution in [3.05, 3.63) is 65.5 Å². The third kappa shape index (κ3) is 2.22. The number of likely N-dealkylation sites (tertiary alicyclic amines) is 1. The number of ether oxygens (including phenoxy) is 1. The number of fused-ring (bicyclic) bond motifs is 2. The number of rotatable bonds is 1. The second-order valence-electron chi connectivity index (χ2n) is 6.01. The molecule has 2 aliphatic heterocycles. The molecule has 1 unspecified atom stereocenters. The number of para-hydroxylation sites is 1. The number of carbonyl (C=O) groups excluding carboxylic acids is 2. The van der Waals surface area contributed by atoms with E-state index in [9.17, 15) is 14.0 Å². The molecule has 0 bridgehead atoms. The van der Waals surface area contributed by atoms with Gasteiger partial charge in [-0.1, -0.05) is 30.3 Å². The fraction of sp³-hybridized carbons (Fsp3) is 0.222. The number of nitrogens with one attached hydrogen (secondary N) is 1. The molecule has 5 nitrogen and oxygen atoms in total. The van der Waals surface area contributed by atoms with Crippen LogP contribution in [-0.4, -0.2) is 30.0 Å². The van der Waals surface area contributed by atoms with E-state index in [1.807, 2.05) is 18.2 Å². The Morgan fingerprint density at radius 2 is 1.92 bits per heavy atom. The van der Waals surface area contributed by atoms with Gasteiger partial charge in [0.2, 0.25) is 0 Å². The lowest BCUT2D eigenvalue weighted by Gasteiger charge is -2.35. The summed E-state index contributed by atoms with van der Waals surface area (Å²) in [6.45, 7) is 0.610. The van der Waals surface area contributed by atoms with E-state index in [1.54, 1.807) is 18.2 Å². The fourth-order valence-electron chi connectivity index (χ4n) is 3.42. The highest BCUT2D eigenvalue weighted by atomic mass is 19.1. The maximum atomic E-state index is 13.9. The predicted octanol–water partition coefficient (Wildman–Crippen LogP) is 3.13. The van der Waals surface area contributed by atoms with Gasteiger partial charge in [0.25, 0.3) is 5.91 Å². The Kier molecular flexibility index (Phi) is 3.26. The van der Waals surface area contributed by atoms with Crippen molar-refractivity contribution >= 4 is 17.7 Å². The van der Waals surface area contributed by atoms with Crippen LogP contribution in [0.25, 0.3) is 0 Å². The molecule has 1 atom stereocenters. The normalized spacial score (nSPS) is 22.0. The van der Waals surface area contributed by atoms with Gasteiger partial charge in [-0.3, -0.25) is 10.1 Å². The SMILES string of the molecule is O=C1Nc2ccccc2C2(CCN(C(=O)c3ccccc3F)C2)O1. The number of hydrogen-bond donors (Lipinski definition) is 1. The van der Waals surface area contributed by atoms with Crippen LogP contribution in [0.5, 0.6) is 0 Å². The van der Waals surface area contributed by atoms with E-state index in [2.05, 4.69) is 5.32 Å². The predicted molar refractivity (Wildman–Crippen MR) is 85.1 cm³/mol. The number of anilines is 1. The molecule has 2 heterocycles. The zero-order chi connectivity index (χ0) is 16.7. The van der Waals surface area contributed by atoms with Gasteiger partial charge in [-0.05, 0) is 18.2 Å². The van der Waals surface area contributed by atoms with Crippen LogP contribution in [-0.2, 0) is 10.3 Å². The molecule has 6 heteroatoms. The van der Waals surface area contributed by atoms with Crippen LogP contribution in [0.1, 0.15) is 22.3 Å². The van der Waals surface area contributed by atoms with Crippen molar-refractivity contribution in [2.45, 2.75) is 12.0 Å². The van der Waals surface area contributed by atoms with E-state index < -0.39 is 23.4 Å². The number of hydrogen-bond acceptors (Lipinski definition) is 3. The Hall–Kier alpha value is -2.89. The van der Waals surface area contributed by atoms with E-state index in [4.69, 9.17) is 4.74 Å². The molecule has 0 radical (unpaired) electrons. The van der Waals surface area contributed by atoms with Crippen molar-refractivity contribution in [2.24, 2.45) is 0 Å². The van der Waals surface area contributed by atoms with E-state index >= 15 is 0 Å². The third-order valence-corrected chi connectivity index (χ3v) is 4.57. The average Bonchev–Trinajstić information content (AvgIpc) is 2.99. The second kappa shape index (κ2) is 5.33. The molecular formula is C18H15FN2O3. The first-order valence-electron chi connectivity index (χ1n) is 7.72. The van der Waals surface area contributed by atoms with Crippen LogP contribution in [0, 0.1) is 5.82 Å². The molecule has 2 aromatic rings. The van der Waals surface area contributed by atoms with Crippen LogP contribution < -0.4 is 5.32 Å². The summed E-state index contributed by atoms with van der Waals surface area (Å²) in [7, 11) is 0. The first-order chi connectivity index (χ1) is 11.6. The summed E-state index contributed by atoms with van der Waals surface area (Å²) >= 11 is 0. The molecule has 1 fully saturated rings. The van der Waals surface area contributed by atoms with Crippen LogP contribution >= 0.6 is 0 Å². The summed E-state index contributed by atoms with van der Waals surface area (Å²) in [5.74, 6) is -0.941. The standard InChI is InChI=1S/C18H15FN2O3/c19-14-7-3-1-5-12(14)16(22)21-10-9-18(11-21)13-6-2-4-8-15(13)20-17(23)24-18/h1-8H,9-11H2,(H,20,23).